The molecule has 21 heavy (non-hydrogen) atoms. The van der Waals surface area contributed by atoms with Crippen LogP contribution in [0, 0.1) is 0 Å². The highest BCUT2D eigenvalue weighted by Gasteiger charge is 2.14. The molecule has 1 heterocycles. The molecule has 0 aliphatic rings. The third-order valence-corrected chi connectivity index (χ3v) is 3.92. The second kappa shape index (κ2) is 8.15. The van der Waals surface area contributed by atoms with Gasteiger partial charge in [-0.25, -0.2) is 4.98 Å². The van der Waals surface area contributed by atoms with Gasteiger partial charge in [0.2, 0.25) is 0 Å². The predicted molar refractivity (Wildman–Crippen MR) is 87.7 cm³/mol. The number of para-hydroxylation sites is 2. The predicted octanol–water partition coefficient (Wildman–Crippen LogP) is 3.00. The van der Waals surface area contributed by atoms with E-state index in [0.717, 1.165) is 44.4 Å². The van der Waals surface area contributed by atoms with Gasteiger partial charge in [-0.05, 0) is 38.4 Å². The minimum absolute atomic E-state index is 0.451. The van der Waals surface area contributed by atoms with Gasteiger partial charge in [-0.15, -0.1) is 0 Å². The summed E-state index contributed by atoms with van der Waals surface area (Å²) in [7, 11) is 3.79. The van der Waals surface area contributed by atoms with Gasteiger partial charge in [0, 0.05) is 32.7 Å². The van der Waals surface area contributed by atoms with Gasteiger partial charge in [-0.3, -0.25) is 0 Å². The SMILES string of the molecule is CCCn1c(CC(CCCOC)NC)nc2ccccc21. The maximum Gasteiger partial charge on any atom is 0.111 e. The number of hydrogen-bond acceptors (Lipinski definition) is 3. The number of imidazole rings is 1. The zero-order valence-electron chi connectivity index (χ0n) is 13.4. The van der Waals surface area contributed by atoms with Gasteiger partial charge >= 0.3 is 0 Å². The fourth-order valence-electron chi connectivity index (χ4n) is 2.80. The normalized spacial score (nSPS) is 12.9. The molecule has 0 saturated heterocycles. The molecule has 4 nitrogen and oxygen atoms in total. The Morgan fingerprint density at radius 3 is 2.86 bits per heavy atom. The monoisotopic (exact) mass is 289 g/mol. The first-order valence-corrected chi connectivity index (χ1v) is 7.90. The number of likely N-dealkylation sites (N-methyl/N-ethyl adjacent to an activating group) is 1. The zero-order chi connectivity index (χ0) is 15.1. The topological polar surface area (TPSA) is 39.1 Å². The summed E-state index contributed by atoms with van der Waals surface area (Å²) in [4.78, 5) is 4.84. The first kappa shape index (κ1) is 16.0. The van der Waals surface area contributed by atoms with E-state index in [1.807, 2.05) is 7.05 Å². The molecule has 0 bridgehead atoms. The lowest BCUT2D eigenvalue weighted by Crippen LogP contribution is -2.29. The van der Waals surface area contributed by atoms with Crippen LogP contribution in [-0.4, -0.2) is 36.4 Å². The van der Waals surface area contributed by atoms with E-state index in [2.05, 4.69) is 41.1 Å². The number of methoxy groups -OCH3 is 1. The van der Waals surface area contributed by atoms with E-state index in [9.17, 15) is 0 Å². The van der Waals surface area contributed by atoms with Gasteiger partial charge in [0.25, 0.3) is 0 Å². The van der Waals surface area contributed by atoms with Crippen molar-refractivity contribution in [3.8, 4) is 0 Å². The molecule has 0 radical (unpaired) electrons. The number of aryl methyl sites for hydroxylation is 1. The van der Waals surface area contributed by atoms with Crippen LogP contribution < -0.4 is 5.32 Å². The second-order valence-corrected chi connectivity index (χ2v) is 5.49. The van der Waals surface area contributed by atoms with Crippen molar-refractivity contribution < 1.29 is 4.74 Å². The highest BCUT2D eigenvalue weighted by molar-refractivity contribution is 5.75. The Labute approximate surface area is 127 Å². The fourth-order valence-corrected chi connectivity index (χ4v) is 2.80. The number of aromatic nitrogens is 2. The summed E-state index contributed by atoms with van der Waals surface area (Å²) in [5, 5.41) is 3.41. The summed E-state index contributed by atoms with van der Waals surface area (Å²) in [6.07, 6.45) is 4.28. The van der Waals surface area contributed by atoms with Crippen molar-refractivity contribution >= 4 is 11.0 Å². The molecule has 0 saturated carbocycles. The van der Waals surface area contributed by atoms with E-state index in [4.69, 9.17) is 9.72 Å². The van der Waals surface area contributed by atoms with Crippen molar-refractivity contribution in [3.63, 3.8) is 0 Å². The number of nitrogens with one attached hydrogen (secondary N) is 1. The number of hydrogen-bond donors (Lipinski definition) is 1. The quantitative estimate of drug-likeness (QED) is 0.721. The van der Waals surface area contributed by atoms with Crippen LogP contribution in [0.3, 0.4) is 0 Å². The Kier molecular flexibility index (Phi) is 6.21. The van der Waals surface area contributed by atoms with Crippen molar-refractivity contribution in [2.45, 2.75) is 45.2 Å². The molecular weight excluding hydrogens is 262 g/mol. The van der Waals surface area contributed by atoms with E-state index in [0.29, 0.717) is 6.04 Å². The van der Waals surface area contributed by atoms with Gasteiger partial charge in [0.15, 0.2) is 0 Å². The Morgan fingerprint density at radius 2 is 2.14 bits per heavy atom. The molecule has 2 aromatic rings. The smallest absolute Gasteiger partial charge is 0.111 e. The fraction of sp³-hybridized carbons (Fsp3) is 0.588. The summed E-state index contributed by atoms with van der Waals surface area (Å²) in [5.41, 5.74) is 2.36. The molecule has 4 heteroatoms. The number of ether oxygens (including phenoxy) is 1. The van der Waals surface area contributed by atoms with Crippen LogP contribution in [0.25, 0.3) is 11.0 Å². The lowest BCUT2D eigenvalue weighted by Gasteiger charge is -2.16. The molecular formula is C17H27N3O. The molecule has 1 aromatic heterocycles. The molecule has 1 aromatic carbocycles. The van der Waals surface area contributed by atoms with Crippen LogP contribution in [-0.2, 0) is 17.7 Å². The van der Waals surface area contributed by atoms with Gasteiger partial charge in [0.05, 0.1) is 11.0 Å². The van der Waals surface area contributed by atoms with Crippen molar-refractivity contribution in [2.24, 2.45) is 0 Å². The van der Waals surface area contributed by atoms with Crippen molar-refractivity contribution in [1.29, 1.82) is 0 Å². The van der Waals surface area contributed by atoms with Crippen molar-refractivity contribution in [3.05, 3.63) is 30.1 Å². The molecule has 0 spiro atoms. The summed E-state index contributed by atoms with van der Waals surface area (Å²) in [6.45, 7) is 4.07. The van der Waals surface area contributed by atoms with Crippen LogP contribution in [0.4, 0.5) is 0 Å². The van der Waals surface area contributed by atoms with E-state index >= 15 is 0 Å². The van der Waals surface area contributed by atoms with Crippen molar-refractivity contribution in [2.75, 3.05) is 20.8 Å². The summed E-state index contributed by atoms with van der Waals surface area (Å²) in [6, 6.07) is 8.87. The number of rotatable bonds is 9. The summed E-state index contributed by atoms with van der Waals surface area (Å²) < 4.78 is 7.52. The number of nitrogens with zero attached hydrogens (tertiary/aromatic N) is 2. The first-order chi connectivity index (χ1) is 10.3. The van der Waals surface area contributed by atoms with E-state index < -0.39 is 0 Å². The highest BCUT2D eigenvalue weighted by Crippen LogP contribution is 2.18. The third-order valence-electron chi connectivity index (χ3n) is 3.92. The number of fused-ring (bicyclic) bond motifs is 1. The van der Waals surface area contributed by atoms with E-state index in [1.165, 1.54) is 11.3 Å². The molecule has 2 rings (SSSR count). The summed E-state index contributed by atoms with van der Waals surface area (Å²) in [5.74, 6) is 1.19. The number of benzene rings is 1. The molecule has 0 amide bonds. The molecule has 0 aliphatic carbocycles. The standard InChI is InChI=1S/C17H27N3O/c1-4-11-20-16-10-6-5-9-15(16)19-17(20)13-14(18-2)8-7-12-21-3/h5-6,9-10,14,18H,4,7-8,11-13H2,1-3H3. The Balaban J connectivity index is 2.17. The van der Waals surface area contributed by atoms with Crippen LogP contribution in [0.15, 0.2) is 24.3 Å². The molecule has 0 aliphatic heterocycles. The van der Waals surface area contributed by atoms with Crippen LogP contribution >= 0.6 is 0 Å². The summed E-state index contributed by atoms with van der Waals surface area (Å²) >= 11 is 0. The Bertz CT molecular complexity index is 550. The van der Waals surface area contributed by atoms with E-state index in [1.54, 1.807) is 7.11 Å². The van der Waals surface area contributed by atoms with E-state index in [-0.39, 0.29) is 0 Å². The molecule has 1 N–H and O–H groups in total. The van der Waals surface area contributed by atoms with Crippen LogP contribution in [0.1, 0.15) is 32.0 Å². The lowest BCUT2D eigenvalue weighted by atomic mass is 10.1. The van der Waals surface area contributed by atoms with Crippen LogP contribution in [0.5, 0.6) is 0 Å². The molecule has 1 atom stereocenters. The van der Waals surface area contributed by atoms with Gasteiger partial charge < -0.3 is 14.6 Å². The molecule has 116 valence electrons. The van der Waals surface area contributed by atoms with Gasteiger partial charge in [-0.2, -0.15) is 0 Å². The average molecular weight is 289 g/mol. The Morgan fingerprint density at radius 1 is 1.33 bits per heavy atom. The maximum atomic E-state index is 5.15. The molecule has 0 fully saturated rings. The third kappa shape index (κ3) is 4.05. The average Bonchev–Trinajstić information content (AvgIpc) is 2.85. The second-order valence-electron chi connectivity index (χ2n) is 5.49. The minimum Gasteiger partial charge on any atom is -0.385 e. The molecule has 1 unspecified atom stereocenters. The zero-order valence-corrected chi connectivity index (χ0v) is 13.4. The first-order valence-electron chi connectivity index (χ1n) is 7.90. The Hall–Kier alpha value is -1.39. The minimum atomic E-state index is 0.451. The van der Waals surface area contributed by atoms with Gasteiger partial charge in [0.1, 0.15) is 5.82 Å². The van der Waals surface area contributed by atoms with Crippen LogP contribution in [0.2, 0.25) is 0 Å². The van der Waals surface area contributed by atoms with Gasteiger partial charge in [-0.1, -0.05) is 19.1 Å². The maximum absolute atomic E-state index is 5.15. The lowest BCUT2D eigenvalue weighted by molar-refractivity contribution is 0.189. The highest BCUT2D eigenvalue weighted by atomic mass is 16.5. The van der Waals surface area contributed by atoms with Crippen molar-refractivity contribution in [1.82, 2.24) is 14.9 Å². The largest absolute Gasteiger partial charge is 0.385 e.